The Bertz CT molecular complexity index is 1410. The highest BCUT2D eigenvalue weighted by molar-refractivity contribution is 7.92. The molecule has 214 valence electrons. The number of nitrogens with one attached hydrogen (secondary N) is 1. The fourth-order valence-corrected chi connectivity index (χ4v) is 5.87. The molecule has 0 radical (unpaired) electrons. The number of hydrogen-bond donors (Lipinski definition) is 1. The fraction of sp³-hybridized carbons (Fsp3) is 0.333. The standard InChI is InChI=1S/C30H36ClN3O5S/c1-6-26(30(36)32-21(2)3)33(19-23-10-8-7-9-11-23)29(35)20-34(27-18-24(31)14-17-28(27)39-5)40(37,38)25-15-12-22(4)13-16-25/h7-18,21,26H,6,19-20H2,1-5H3,(H,32,36). The molecule has 0 heterocycles. The molecule has 0 aromatic heterocycles. The lowest BCUT2D eigenvalue weighted by Gasteiger charge is -2.34. The summed E-state index contributed by atoms with van der Waals surface area (Å²) in [5, 5.41) is 3.16. The molecular formula is C30H36ClN3O5S. The number of benzene rings is 3. The van der Waals surface area contributed by atoms with Crippen molar-refractivity contribution in [2.75, 3.05) is 18.0 Å². The van der Waals surface area contributed by atoms with Crippen molar-refractivity contribution in [2.45, 2.75) is 57.6 Å². The summed E-state index contributed by atoms with van der Waals surface area (Å²) in [5.74, 6) is -0.630. The second-order valence-electron chi connectivity index (χ2n) is 9.74. The normalized spacial score (nSPS) is 12.1. The Morgan fingerprint density at radius 3 is 2.23 bits per heavy atom. The average Bonchev–Trinajstić information content (AvgIpc) is 2.91. The molecule has 1 unspecified atom stereocenters. The molecule has 1 N–H and O–H groups in total. The van der Waals surface area contributed by atoms with Crippen LogP contribution in [0.3, 0.4) is 0 Å². The fourth-order valence-electron chi connectivity index (χ4n) is 4.29. The van der Waals surface area contributed by atoms with Crippen LogP contribution in [-0.2, 0) is 26.2 Å². The Kier molecular flexibility index (Phi) is 10.6. The Morgan fingerprint density at radius 2 is 1.65 bits per heavy atom. The Hall–Kier alpha value is -3.56. The summed E-state index contributed by atoms with van der Waals surface area (Å²) in [7, 11) is -2.83. The number of hydrogen-bond acceptors (Lipinski definition) is 5. The topological polar surface area (TPSA) is 96.0 Å². The summed E-state index contributed by atoms with van der Waals surface area (Å²) in [6.45, 7) is 6.90. The lowest BCUT2D eigenvalue weighted by atomic mass is 10.1. The van der Waals surface area contributed by atoms with Gasteiger partial charge >= 0.3 is 0 Å². The van der Waals surface area contributed by atoms with Gasteiger partial charge in [-0.3, -0.25) is 13.9 Å². The van der Waals surface area contributed by atoms with Crippen LogP contribution in [0.25, 0.3) is 0 Å². The van der Waals surface area contributed by atoms with Gasteiger partial charge in [-0.05, 0) is 63.1 Å². The van der Waals surface area contributed by atoms with E-state index in [1.807, 2.05) is 58.0 Å². The van der Waals surface area contributed by atoms with Gasteiger partial charge in [-0.25, -0.2) is 8.42 Å². The molecule has 3 aromatic carbocycles. The van der Waals surface area contributed by atoms with E-state index >= 15 is 0 Å². The van der Waals surface area contributed by atoms with Gasteiger partial charge in [-0.2, -0.15) is 0 Å². The zero-order chi connectivity index (χ0) is 29.4. The Morgan fingerprint density at radius 1 is 1.00 bits per heavy atom. The number of carbonyl (C=O) groups is 2. The highest BCUT2D eigenvalue weighted by Gasteiger charge is 2.35. The minimum Gasteiger partial charge on any atom is -0.495 e. The van der Waals surface area contributed by atoms with Crippen LogP contribution in [-0.4, -0.2) is 50.9 Å². The smallest absolute Gasteiger partial charge is 0.264 e. The van der Waals surface area contributed by atoms with E-state index in [1.165, 1.54) is 30.2 Å². The van der Waals surface area contributed by atoms with E-state index in [-0.39, 0.29) is 39.8 Å². The third-order valence-electron chi connectivity index (χ3n) is 6.31. The van der Waals surface area contributed by atoms with Crippen LogP contribution in [0.2, 0.25) is 5.02 Å². The van der Waals surface area contributed by atoms with Crippen LogP contribution in [0, 0.1) is 6.92 Å². The number of anilines is 1. The number of carbonyl (C=O) groups excluding carboxylic acids is 2. The number of sulfonamides is 1. The van der Waals surface area contributed by atoms with E-state index in [1.54, 1.807) is 24.3 Å². The van der Waals surface area contributed by atoms with E-state index < -0.39 is 28.5 Å². The maximum atomic E-state index is 14.1. The minimum atomic E-state index is -4.25. The van der Waals surface area contributed by atoms with Crippen molar-refractivity contribution >= 4 is 39.1 Å². The summed E-state index contributed by atoms with van der Waals surface area (Å²) in [4.78, 5) is 28.7. The molecule has 2 amide bonds. The third kappa shape index (κ3) is 7.55. The van der Waals surface area contributed by atoms with Crippen LogP contribution >= 0.6 is 11.6 Å². The van der Waals surface area contributed by atoms with Gasteiger partial charge < -0.3 is 15.0 Å². The van der Waals surface area contributed by atoms with E-state index in [4.69, 9.17) is 16.3 Å². The molecule has 3 aromatic rings. The van der Waals surface area contributed by atoms with E-state index in [9.17, 15) is 18.0 Å². The summed E-state index contributed by atoms with van der Waals surface area (Å²) >= 11 is 6.28. The zero-order valence-corrected chi connectivity index (χ0v) is 25.0. The SMILES string of the molecule is CCC(C(=O)NC(C)C)N(Cc1ccccc1)C(=O)CN(c1cc(Cl)ccc1OC)S(=O)(=O)c1ccc(C)cc1. The van der Waals surface area contributed by atoms with Crippen LogP contribution in [0.4, 0.5) is 5.69 Å². The molecule has 0 saturated carbocycles. The first kappa shape index (κ1) is 31.0. The van der Waals surface area contributed by atoms with Gasteiger partial charge in [-0.1, -0.05) is 66.6 Å². The van der Waals surface area contributed by atoms with Gasteiger partial charge in [0.25, 0.3) is 10.0 Å². The number of ether oxygens (including phenoxy) is 1. The first-order chi connectivity index (χ1) is 19.0. The van der Waals surface area contributed by atoms with Gasteiger partial charge in [-0.15, -0.1) is 0 Å². The molecule has 40 heavy (non-hydrogen) atoms. The van der Waals surface area contributed by atoms with Crippen molar-refractivity contribution in [1.82, 2.24) is 10.2 Å². The molecule has 10 heteroatoms. The summed E-state index contributed by atoms with van der Waals surface area (Å²) in [6, 6.07) is 19.2. The number of rotatable bonds is 12. The van der Waals surface area contributed by atoms with E-state index in [0.717, 1.165) is 15.4 Å². The Balaban J connectivity index is 2.12. The predicted molar refractivity (Wildman–Crippen MR) is 158 cm³/mol. The lowest BCUT2D eigenvalue weighted by molar-refractivity contribution is -0.140. The largest absolute Gasteiger partial charge is 0.495 e. The van der Waals surface area contributed by atoms with Crippen LogP contribution in [0.1, 0.15) is 38.3 Å². The molecule has 8 nitrogen and oxygen atoms in total. The Labute approximate surface area is 241 Å². The van der Waals surface area contributed by atoms with Crippen molar-refractivity contribution in [3.63, 3.8) is 0 Å². The lowest BCUT2D eigenvalue weighted by Crippen LogP contribution is -2.53. The highest BCUT2D eigenvalue weighted by Crippen LogP contribution is 2.35. The van der Waals surface area contributed by atoms with Gasteiger partial charge in [0.1, 0.15) is 18.3 Å². The summed E-state index contributed by atoms with van der Waals surface area (Å²) < 4.78 is 34.5. The van der Waals surface area contributed by atoms with Gasteiger partial charge in [0.2, 0.25) is 11.8 Å². The molecular weight excluding hydrogens is 550 g/mol. The molecule has 0 saturated heterocycles. The molecule has 0 aliphatic carbocycles. The van der Waals surface area contributed by atoms with Crippen molar-refractivity contribution in [1.29, 1.82) is 0 Å². The van der Waals surface area contributed by atoms with Crippen molar-refractivity contribution in [2.24, 2.45) is 0 Å². The molecule has 1 atom stereocenters. The van der Waals surface area contributed by atoms with E-state index in [0.29, 0.717) is 6.42 Å². The number of nitrogens with zero attached hydrogens (tertiary/aromatic N) is 2. The zero-order valence-electron chi connectivity index (χ0n) is 23.4. The van der Waals surface area contributed by atoms with Crippen LogP contribution in [0.15, 0.2) is 77.7 Å². The van der Waals surface area contributed by atoms with Crippen molar-refractivity contribution in [3.05, 3.63) is 88.9 Å². The number of methoxy groups -OCH3 is 1. The first-order valence-electron chi connectivity index (χ1n) is 13.0. The van der Waals surface area contributed by atoms with Gasteiger partial charge in [0.15, 0.2) is 0 Å². The number of halogens is 1. The minimum absolute atomic E-state index is 0.00660. The van der Waals surface area contributed by atoms with Crippen molar-refractivity contribution < 1.29 is 22.7 Å². The maximum Gasteiger partial charge on any atom is 0.264 e. The maximum absolute atomic E-state index is 14.1. The van der Waals surface area contributed by atoms with Crippen LogP contribution < -0.4 is 14.4 Å². The van der Waals surface area contributed by atoms with Crippen LogP contribution in [0.5, 0.6) is 5.75 Å². The summed E-state index contributed by atoms with van der Waals surface area (Å²) in [6.07, 6.45) is 0.336. The van der Waals surface area contributed by atoms with E-state index in [2.05, 4.69) is 5.32 Å². The highest BCUT2D eigenvalue weighted by atomic mass is 35.5. The number of amides is 2. The molecule has 0 bridgehead atoms. The second-order valence-corrected chi connectivity index (χ2v) is 12.0. The second kappa shape index (κ2) is 13.7. The van der Waals surface area contributed by atoms with Gasteiger partial charge in [0, 0.05) is 17.6 Å². The summed E-state index contributed by atoms with van der Waals surface area (Å²) in [5.41, 5.74) is 1.81. The molecule has 0 aliphatic rings. The quantitative estimate of drug-likeness (QED) is 0.316. The molecule has 3 rings (SSSR count). The first-order valence-corrected chi connectivity index (χ1v) is 14.9. The predicted octanol–water partition coefficient (Wildman–Crippen LogP) is 5.18. The molecule has 0 fully saturated rings. The molecule has 0 spiro atoms. The van der Waals surface area contributed by atoms with Crippen molar-refractivity contribution in [3.8, 4) is 5.75 Å². The number of aryl methyl sites for hydroxylation is 1. The van der Waals surface area contributed by atoms with Gasteiger partial charge in [0.05, 0.1) is 17.7 Å². The average molecular weight is 586 g/mol. The third-order valence-corrected chi connectivity index (χ3v) is 8.32. The molecule has 0 aliphatic heterocycles. The monoisotopic (exact) mass is 585 g/mol.